The van der Waals surface area contributed by atoms with E-state index in [1.807, 2.05) is 12.1 Å². The molecule has 4 rings (SSSR count). The number of rotatable bonds is 4. The van der Waals surface area contributed by atoms with Gasteiger partial charge >= 0.3 is 11.7 Å². The monoisotopic (exact) mass is 416 g/mol. The number of nitrogens with zero attached hydrogens (tertiary/aromatic N) is 4. The fourth-order valence-corrected chi connectivity index (χ4v) is 3.86. The van der Waals surface area contributed by atoms with Crippen LogP contribution >= 0.6 is 11.6 Å². The average Bonchev–Trinajstić information content (AvgIpc) is 3.35. The zero-order chi connectivity index (χ0) is 20.5. The highest BCUT2D eigenvalue weighted by atomic mass is 35.5. The van der Waals surface area contributed by atoms with Gasteiger partial charge in [0.2, 0.25) is 0 Å². The van der Waals surface area contributed by atoms with Crippen LogP contribution in [0.5, 0.6) is 0 Å². The lowest BCUT2D eigenvalue weighted by Gasteiger charge is -2.32. The molecule has 1 saturated heterocycles. The molecule has 9 nitrogen and oxygen atoms in total. The lowest BCUT2D eigenvalue weighted by Crippen LogP contribution is -2.40. The highest BCUT2D eigenvalue weighted by Gasteiger charge is 2.27. The Labute approximate surface area is 170 Å². The van der Waals surface area contributed by atoms with E-state index >= 15 is 0 Å². The number of hydrogen-bond donors (Lipinski definition) is 2. The number of benzene rings is 1. The van der Waals surface area contributed by atoms with Crippen LogP contribution in [0.15, 0.2) is 40.2 Å². The molecule has 0 aliphatic carbocycles. The van der Waals surface area contributed by atoms with Gasteiger partial charge in [-0.1, -0.05) is 23.7 Å². The van der Waals surface area contributed by atoms with Crippen molar-refractivity contribution in [3.05, 3.63) is 62.0 Å². The number of imidazole rings is 1. The Bertz CT molecular complexity index is 1140. The van der Waals surface area contributed by atoms with E-state index in [0.717, 1.165) is 31.5 Å². The Balaban J connectivity index is 1.70. The molecule has 2 aromatic heterocycles. The van der Waals surface area contributed by atoms with Crippen LogP contribution in [0.25, 0.3) is 11.2 Å². The fourth-order valence-electron chi connectivity index (χ4n) is 3.73. The van der Waals surface area contributed by atoms with E-state index in [2.05, 4.69) is 19.9 Å². The number of likely N-dealkylation sites (N-methyl/N-ethyl adjacent to an activating group) is 1. The third-order valence-electron chi connectivity index (χ3n) is 5.30. The predicted octanol–water partition coefficient (Wildman–Crippen LogP) is 1.80. The number of aromatic amines is 2. The zero-order valence-corrected chi connectivity index (χ0v) is 16.6. The molecule has 0 saturated carbocycles. The van der Waals surface area contributed by atoms with Crippen LogP contribution in [-0.2, 0) is 0 Å². The summed E-state index contributed by atoms with van der Waals surface area (Å²) in [5.74, 6) is 0. The summed E-state index contributed by atoms with van der Waals surface area (Å²) < 4.78 is 1.19. The van der Waals surface area contributed by atoms with E-state index in [0.29, 0.717) is 11.6 Å². The van der Waals surface area contributed by atoms with Gasteiger partial charge in [-0.25, -0.2) is 19.1 Å². The number of amides is 1. The van der Waals surface area contributed by atoms with E-state index in [4.69, 9.17) is 11.6 Å². The number of H-pyrrole nitrogens is 2. The average molecular weight is 417 g/mol. The van der Waals surface area contributed by atoms with Gasteiger partial charge < -0.3 is 9.80 Å². The lowest BCUT2D eigenvalue weighted by molar-refractivity contribution is 0.171. The van der Waals surface area contributed by atoms with Gasteiger partial charge in [-0.15, -0.1) is 0 Å². The van der Waals surface area contributed by atoms with Crippen molar-refractivity contribution in [1.82, 2.24) is 29.3 Å². The second-order valence-corrected chi connectivity index (χ2v) is 7.63. The SMILES string of the molecule is CN(C(=O)n1cnc2c(=O)[nH]c(=O)[nH]c21)[C@H](CN1CCCC1)c1ccc(Cl)cc1. The maximum Gasteiger partial charge on any atom is 0.331 e. The molecule has 10 heteroatoms. The van der Waals surface area contributed by atoms with Gasteiger partial charge in [0.15, 0.2) is 11.2 Å². The maximum atomic E-state index is 13.3. The lowest BCUT2D eigenvalue weighted by atomic mass is 10.1. The van der Waals surface area contributed by atoms with Gasteiger partial charge in [0.05, 0.1) is 6.04 Å². The topological polar surface area (TPSA) is 107 Å². The number of likely N-dealkylation sites (tertiary alicyclic amines) is 1. The first-order valence-electron chi connectivity index (χ1n) is 9.38. The maximum absolute atomic E-state index is 13.3. The summed E-state index contributed by atoms with van der Waals surface area (Å²) in [6.45, 7) is 2.65. The minimum Gasteiger partial charge on any atom is -0.319 e. The van der Waals surface area contributed by atoms with E-state index in [1.165, 1.54) is 10.9 Å². The van der Waals surface area contributed by atoms with Crippen LogP contribution in [0.2, 0.25) is 5.02 Å². The molecule has 0 bridgehead atoms. The van der Waals surface area contributed by atoms with Gasteiger partial charge in [0.25, 0.3) is 5.56 Å². The number of carbonyl (C=O) groups is 1. The molecule has 0 spiro atoms. The normalized spacial score (nSPS) is 15.7. The highest BCUT2D eigenvalue weighted by Crippen LogP contribution is 2.25. The van der Waals surface area contributed by atoms with E-state index in [-0.39, 0.29) is 17.2 Å². The molecular weight excluding hydrogens is 396 g/mol. The number of hydrogen-bond acceptors (Lipinski definition) is 5. The first-order chi connectivity index (χ1) is 13.9. The molecule has 0 radical (unpaired) electrons. The first-order valence-corrected chi connectivity index (χ1v) is 9.76. The summed E-state index contributed by atoms with van der Waals surface area (Å²) in [6.07, 6.45) is 3.53. The smallest absolute Gasteiger partial charge is 0.319 e. The molecule has 1 aromatic carbocycles. The summed E-state index contributed by atoms with van der Waals surface area (Å²) in [5.41, 5.74) is -0.288. The van der Waals surface area contributed by atoms with E-state index in [1.54, 1.807) is 24.1 Å². The van der Waals surface area contributed by atoms with Crippen molar-refractivity contribution in [3.63, 3.8) is 0 Å². The zero-order valence-electron chi connectivity index (χ0n) is 15.9. The van der Waals surface area contributed by atoms with Crippen molar-refractivity contribution < 1.29 is 4.79 Å². The Morgan fingerprint density at radius 1 is 1.21 bits per heavy atom. The summed E-state index contributed by atoms with van der Waals surface area (Å²) in [4.78, 5) is 49.4. The van der Waals surface area contributed by atoms with Crippen molar-refractivity contribution in [2.24, 2.45) is 0 Å². The summed E-state index contributed by atoms with van der Waals surface area (Å²) in [6, 6.07) is 6.79. The number of carbonyl (C=O) groups excluding carboxylic acids is 1. The molecule has 152 valence electrons. The number of aromatic nitrogens is 4. The van der Waals surface area contributed by atoms with Crippen LogP contribution in [-0.4, -0.2) is 62.0 Å². The summed E-state index contributed by atoms with van der Waals surface area (Å²) in [5, 5.41) is 0.625. The summed E-state index contributed by atoms with van der Waals surface area (Å²) >= 11 is 6.04. The molecule has 3 aromatic rings. The molecule has 1 aliphatic rings. The Kier molecular flexibility index (Phi) is 5.25. The van der Waals surface area contributed by atoms with Gasteiger partial charge in [-0.2, -0.15) is 0 Å². The van der Waals surface area contributed by atoms with Gasteiger partial charge in [0.1, 0.15) is 6.33 Å². The first kappa shape index (κ1) is 19.4. The van der Waals surface area contributed by atoms with Crippen LogP contribution in [0, 0.1) is 0 Å². The third kappa shape index (κ3) is 3.83. The van der Waals surface area contributed by atoms with Crippen LogP contribution in [0.4, 0.5) is 4.79 Å². The number of nitrogens with one attached hydrogen (secondary N) is 2. The Morgan fingerprint density at radius 3 is 2.59 bits per heavy atom. The quantitative estimate of drug-likeness (QED) is 0.674. The standard InChI is InChI=1S/C19H21ClN6O3/c1-24(19(29)26-11-21-15-16(26)22-18(28)23-17(15)27)14(10-25-8-2-3-9-25)12-4-6-13(20)7-5-12/h4-7,11,14H,2-3,8-10H2,1H3,(H2,22,23,27,28)/t14-/m1/s1. The van der Waals surface area contributed by atoms with Crippen molar-refractivity contribution >= 4 is 28.8 Å². The molecule has 3 heterocycles. The predicted molar refractivity (Wildman–Crippen MR) is 109 cm³/mol. The van der Waals surface area contributed by atoms with Gasteiger partial charge in [-0.05, 0) is 43.6 Å². The molecule has 29 heavy (non-hydrogen) atoms. The van der Waals surface area contributed by atoms with Crippen LogP contribution in [0.3, 0.4) is 0 Å². The number of fused-ring (bicyclic) bond motifs is 1. The van der Waals surface area contributed by atoms with Crippen LogP contribution in [0.1, 0.15) is 24.4 Å². The van der Waals surface area contributed by atoms with Crippen molar-refractivity contribution in [3.8, 4) is 0 Å². The molecule has 1 amide bonds. The Morgan fingerprint density at radius 2 is 1.90 bits per heavy atom. The molecule has 1 aliphatic heterocycles. The Hall–Kier alpha value is -2.91. The third-order valence-corrected chi connectivity index (χ3v) is 5.55. The van der Waals surface area contributed by atoms with Crippen LogP contribution < -0.4 is 11.2 Å². The molecule has 1 atom stereocenters. The molecule has 1 fully saturated rings. The van der Waals surface area contributed by atoms with Crippen molar-refractivity contribution in [2.75, 3.05) is 26.7 Å². The second kappa shape index (κ2) is 7.84. The molecule has 0 unspecified atom stereocenters. The second-order valence-electron chi connectivity index (χ2n) is 7.19. The minimum atomic E-state index is -0.689. The van der Waals surface area contributed by atoms with Crippen molar-refractivity contribution in [1.29, 1.82) is 0 Å². The van der Waals surface area contributed by atoms with Crippen molar-refractivity contribution in [2.45, 2.75) is 18.9 Å². The summed E-state index contributed by atoms with van der Waals surface area (Å²) in [7, 11) is 1.70. The molecular formula is C19H21ClN6O3. The van der Waals surface area contributed by atoms with Gasteiger partial charge in [0, 0.05) is 18.6 Å². The fraction of sp³-hybridized carbons (Fsp3) is 0.368. The van der Waals surface area contributed by atoms with E-state index < -0.39 is 17.3 Å². The highest BCUT2D eigenvalue weighted by molar-refractivity contribution is 6.30. The minimum absolute atomic E-state index is 0.00827. The number of halogens is 1. The van der Waals surface area contributed by atoms with Gasteiger partial charge in [-0.3, -0.25) is 14.8 Å². The van der Waals surface area contributed by atoms with E-state index in [9.17, 15) is 14.4 Å². The largest absolute Gasteiger partial charge is 0.331 e. The molecule has 2 N–H and O–H groups in total.